The van der Waals surface area contributed by atoms with Crippen LogP contribution in [0.4, 0.5) is 0 Å². The molecule has 0 fully saturated rings. The van der Waals surface area contributed by atoms with Gasteiger partial charge in [0.2, 0.25) is 5.76 Å². The molecule has 0 saturated carbocycles. The first-order chi connectivity index (χ1) is 29.2. The summed E-state index contributed by atoms with van der Waals surface area (Å²) in [5.74, 6) is 0.172. The number of ketones is 2. The van der Waals surface area contributed by atoms with Crippen LogP contribution in [0.5, 0.6) is 11.5 Å². The van der Waals surface area contributed by atoms with Gasteiger partial charge in [0.05, 0.1) is 4.90 Å². The molecule has 2 aromatic heterocycles. The highest BCUT2D eigenvalue weighted by Crippen LogP contribution is 2.26. The number of Topliss-reactive ketones (excluding diaryl/α,β-unsaturated/α-hetero) is 2. The van der Waals surface area contributed by atoms with Crippen molar-refractivity contribution >= 4 is 33.5 Å². The molecule has 0 aliphatic carbocycles. The summed E-state index contributed by atoms with van der Waals surface area (Å²) in [6.45, 7) is 6.83. The quantitative estimate of drug-likeness (QED) is 0.0996. The SMILES string of the molecule is CC(=O)c1ccc(-c2ccc(OCc3cc(C(=O)NS(=O)(=O)c4ccccc4)oc3C)cc2)cc1.CC(=O)c1ccc(-c2ccc(OCc3cc(C(=O)O)oc3C)cc2)cc1. The molecule has 2 N–H and O–H groups in total. The highest BCUT2D eigenvalue weighted by molar-refractivity contribution is 7.90. The van der Waals surface area contributed by atoms with E-state index in [0.29, 0.717) is 45.3 Å². The maximum atomic E-state index is 12.5. The number of benzene rings is 5. The molecule has 310 valence electrons. The van der Waals surface area contributed by atoms with Crippen LogP contribution in [0.2, 0.25) is 0 Å². The lowest BCUT2D eigenvalue weighted by atomic mass is 10.0. The zero-order valence-electron chi connectivity index (χ0n) is 33.6. The molecule has 12 nitrogen and oxygen atoms in total. The number of carbonyl (C=O) groups is 4. The van der Waals surface area contributed by atoms with Crippen LogP contribution >= 0.6 is 0 Å². The topological polar surface area (TPSA) is 179 Å². The van der Waals surface area contributed by atoms with Gasteiger partial charge in [-0.25, -0.2) is 17.9 Å². The van der Waals surface area contributed by atoms with E-state index in [4.69, 9.17) is 23.4 Å². The van der Waals surface area contributed by atoms with E-state index in [-0.39, 0.29) is 41.2 Å². The number of aryl methyl sites for hydroxylation is 2. The zero-order chi connectivity index (χ0) is 43.7. The van der Waals surface area contributed by atoms with Crippen molar-refractivity contribution in [1.82, 2.24) is 4.72 Å². The molecular weight excluding hydrogens is 799 g/mol. The van der Waals surface area contributed by atoms with Crippen molar-refractivity contribution in [3.63, 3.8) is 0 Å². The van der Waals surface area contributed by atoms with E-state index in [0.717, 1.165) is 22.3 Å². The number of nitrogens with one attached hydrogen (secondary N) is 1. The van der Waals surface area contributed by atoms with Crippen LogP contribution in [0.1, 0.15) is 78.3 Å². The number of ether oxygens (including phenoxy) is 2. The highest BCUT2D eigenvalue weighted by atomic mass is 32.2. The molecular formula is C48H41NO11S. The third kappa shape index (κ3) is 11.2. The Morgan fingerprint density at radius 1 is 0.557 bits per heavy atom. The molecule has 0 radical (unpaired) electrons. The fourth-order valence-corrected chi connectivity index (χ4v) is 6.96. The number of carbonyl (C=O) groups excluding carboxylic acids is 3. The van der Waals surface area contributed by atoms with Crippen LogP contribution < -0.4 is 14.2 Å². The lowest BCUT2D eigenvalue weighted by molar-refractivity contribution is 0.0660. The molecule has 0 atom stereocenters. The van der Waals surface area contributed by atoms with E-state index in [9.17, 15) is 27.6 Å². The predicted octanol–water partition coefficient (Wildman–Crippen LogP) is 9.89. The number of hydrogen-bond donors (Lipinski definition) is 2. The second-order valence-corrected chi connectivity index (χ2v) is 15.5. The van der Waals surface area contributed by atoms with Crippen LogP contribution in [-0.4, -0.2) is 37.0 Å². The monoisotopic (exact) mass is 839 g/mol. The lowest BCUT2D eigenvalue weighted by Crippen LogP contribution is -2.30. The van der Waals surface area contributed by atoms with Gasteiger partial charge in [-0.1, -0.05) is 91.0 Å². The van der Waals surface area contributed by atoms with Gasteiger partial charge in [-0.3, -0.25) is 14.4 Å². The Balaban J connectivity index is 0.000000213. The van der Waals surface area contributed by atoms with Crippen LogP contribution in [0, 0.1) is 13.8 Å². The Bertz CT molecular complexity index is 2770. The van der Waals surface area contributed by atoms with Crippen molar-refractivity contribution < 1.29 is 51.0 Å². The van der Waals surface area contributed by atoms with Gasteiger partial charge in [-0.2, -0.15) is 0 Å². The summed E-state index contributed by atoms with van der Waals surface area (Å²) in [7, 11) is -4.01. The van der Waals surface area contributed by atoms with Crippen molar-refractivity contribution in [2.75, 3.05) is 0 Å². The third-order valence-corrected chi connectivity index (χ3v) is 10.9. The molecule has 2 heterocycles. The van der Waals surface area contributed by atoms with E-state index >= 15 is 0 Å². The number of aromatic carboxylic acids is 1. The number of carboxylic acids is 1. The van der Waals surface area contributed by atoms with Crippen molar-refractivity contribution in [3.8, 4) is 33.8 Å². The lowest BCUT2D eigenvalue weighted by Gasteiger charge is -2.07. The predicted molar refractivity (Wildman–Crippen MR) is 227 cm³/mol. The molecule has 0 aliphatic rings. The molecule has 1 amide bonds. The van der Waals surface area contributed by atoms with Crippen molar-refractivity contribution in [2.24, 2.45) is 0 Å². The maximum absolute atomic E-state index is 12.5. The summed E-state index contributed by atoms with van der Waals surface area (Å²) in [6.07, 6.45) is 0. The van der Waals surface area contributed by atoms with Crippen LogP contribution in [0.15, 0.2) is 153 Å². The van der Waals surface area contributed by atoms with Gasteiger partial charge >= 0.3 is 11.9 Å². The molecule has 13 heteroatoms. The number of sulfonamides is 1. The van der Waals surface area contributed by atoms with Gasteiger partial charge in [0.25, 0.3) is 10.0 Å². The van der Waals surface area contributed by atoms with Gasteiger partial charge in [0.15, 0.2) is 17.3 Å². The average Bonchev–Trinajstić information content (AvgIpc) is 3.84. The summed E-state index contributed by atoms with van der Waals surface area (Å²) in [6, 6.07) is 40.4. The van der Waals surface area contributed by atoms with Crippen LogP contribution in [0.25, 0.3) is 22.3 Å². The summed E-state index contributed by atoms with van der Waals surface area (Å²) < 4.78 is 48.9. The first-order valence-electron chi connectivity index (χ1n) is 18.9. The average molecular weight is 840 g/mol. The normalized spacial score (nSPS) is 10.9. The van der Waals surface area contributed by atoms with Gasteiger partial charge in [0.1, 0.15) is 36.2 Å². The van der Waals surface area contributed by atoms with Crippen LogP contribution in [0.3, 0.4) is 0 Å². The largest absolute Gasteiger partial charge is 0.489 e. The molecule has 0 bridgehead atoms. The number of hydrogen-bond acceptors (Lipinski definition) is 10. The fraction of sp³-hybridized carbons (Fsp3) is 0.125. The van der Waals surface area contributed by atoms with Gasteiger partial charge in [-0.05, 0) is 98.5 Å². The molecule has 7 aromatic rings. The first-order valence-corrected chi connectivity index (χ1v) is 20.4. The summed E-state index contributed by atoms with van der Waals surface area (Å²) in [5.41, 5.74) is 6.65. The summed E-state index contributed by atoms with van der Waals surface area (Å²) in [4.78, 5) is 46.1. The highest BCUT2D eigenvalue weighted by Gasteiger charge is 2.22. The standard InChI is InChI=1S/C27H23NO6S.C21H18O5/c1-18(29)20-8-10-21(11-9-20)22-12-14-24(15-13-22)33-17-23-16-26(34-19(23)2)27(30)28-35(31,32)25-6-4-3-5-7-25;1-13(22)15-3-5-16(6-4-15)17-7-9-19(10-8-17)25-12-18-11-20(21(23)24)26-14(18)2/h3-16H,17H2,1-2H3,(H,28,30);3-11H,12H2,1-2H3,(H,23,24). The first kappa shape index (κ1) is 43.1. The molecule has 0 saturated heterocycles. The van der Waals surface area contributed by atoms with Crippen LogP contribution in [-0.2, 0) is 23.2 Å². The minimum absolute atomic E-state index is 0.0153. The smallest absolute Gasteiger partial charge is 0.371 e. The Morgan fingerprint density at radius 2 is 0.934 bits per heavy atom. The number of furan rings is 2. The van der Waals surface area contributed by atoms with Gasteiger partial charge < -0.3 is 23.4 Å². The van der Waals surface area contributed by atoms with E-state index < -0.39 is 21.9 Å². The van der Waals surface area contributed by atoms with Gasteiger partial charge in [0, 0.05) is 22.3 Å². The van der Waals surface area contributed by atoms with E-state index in [1.54, 1.807) is 51.1 Å². The Labute approximate surface area is 352 Å². The van der Waals surface area contributed by atoms with E-state index in [1.807, 2.05) is 89.7 Å². The molecule has 7 rings (SSSR count). The van der Waals surface area contributed by atoms with Crippen molar-refractivity contribution in [3.05, 3.63) is 185 Å². The molecule has 5 aromatic carbocycles. The minimum atomic E-state index is -4.01. The van der Waals surface area contributed by atoms with Crippen molar-refractivity contribution in [2.45, 2.75) is 45.8 Å². The van der Waals surface area contributed by atoms with E-state index in [1.165, 1.54) is 31.2 Å². The maximum Gasteiger partial charge on any atom is 0.371 e. The molecule has 0 aliphatic heterocycles. The number of amides is 1. The Kier molecular flexibility index (Phi) is 13.4. The number of carboxylic acid groups (broad SMARTS) is 1. The van der Waals surface area contributed by atoms with E-state index in [2.05, 4.69) is 0 Å². The number of rotatable bonds is 14. The molecule has 0 spiro atoms. The molecule has 61 heavy (non-hydrogen) atoms. The Morgan fingerprint density at radius 3 is 1.31 bits per heavy atom. The summed E-state index contributed by atoms with van der Waals surface area (Å²) >= 11 is 0. The second-order valence-electron chi connectivity index (χ2n) is 13.8. The second kappa shape index (κ2) is 19.0. The third-order valence-electron chi connectivity index (χ3n) is 9.50. The summed E-state index contributed by atoms with van der Waals surface area (Å²) in [5, 5.41) is 8.94. The fourth-order valence-electron chi connectivity index (χ4n) is 5.98. The molecule has 0 unspecified atom stereocenters. The zero-order valence-corrected chi connectivity index (χ0v) is 34.4. The van der Waals surface area contributed by atoms with Gasteiger partial charge in [-0.15, -0.1) is 0 Å². The van der Waals surface area contributed by atoms with Crippen molar-refractivity contribution in [1.29, 1.82) is 0 Å². The Hall–Kier alpha value is -7.51. The minimum Gasteiger partial charge on any atom is -0.489 e.